The van der Waals surface area contributed by atoms with Crippen LogP contribution in [0.2, 0.25) is 0 Å². The van der Waals surface area contributed by atoms with E-state index in [-0.39, 0.29) is 0 Å². The van der Waals surface area contributed by atoms with Crippen molar-refractivity contribution in [1.82, 2.24) is 5.32 Å². The quantitative estimate of drug-likeness (QED) is 0.792. The molecule has 0 atom stereocenters. The summed E-state index contributed by atoms with van der Waals surface area (Å²) in [6.07, 6.45) is 1.10. The Morgan fingerprint density at radius 1 is 1.12 bits per heavy atom. The van der Waals surface area contributed by atoms with Crippen LogP contribution in [0.3, 0.4) is 0 Å². The van der Waals surface area contributed by atoms with Gasteiger partial charge in [0.05, 0.1) is 0 Å². The lowest BCUT2D eigenvalue weighted by atomic mass is 10.0. The van der Waals surface area contributed by atoms with E-state index in [1.54, 1.807) is 0 Å². The lowest BCUT2D eigenvalue weighted by Gasteiger charge is -2.06. The van der Waals surface area contributed by atoms with Crippen LogP contribution in [0.1, 0.15) is 21.6 Å². The fourth-order valence-electron chi connectivity index (χ4n) is 1.82. The molecule has 2 rings (SSSR count). The highest BCUT2D eigenvalue weighted by Crippen LogP contribution is 2.10. The molecule has 0 saturated carbocycles. The Balaban J connectivity index is 1.76. The molecule has 0 unspecified atom stereocenters. The highest BCUT2D eigenvalue weighted by Gasteiger charge is 1.97. The predicted octanol–water partition coefficient (Wildman–Crippen LogP) is 3.70. The number of thiophene rings is 1. The van der Waals surface area contributed by atoms with Gasteiger partial charge in [-0.1, -0.05) is 24.3 Å². The third kappa shape index (κ3) is 3.69. The van der Waals surface area contributed by atoms with Crippen LogP contribution >= 0.6 is 11.3 Å². The average Bonchev–Trinajstić information content (AvgIpc) is 2.82. The van der Waals surface area contributed by atoms with Gasteiger partial charge in [0, 0.05) is 11.4 Å². The summed E-state index contributed by atoms with van der Waals surface area (Å²) < 4.78 is 0. The Labute approximate surface area is 108 Å². The van der Waals surface area contributed by atoms with Crippen LogP contribution in [0.15, 0.2) is 35.7 Å². The van der Waals surface area contributed by atoms with Crippen molar-refractivity contribution >= 4 is 11.3 Å². The molecule has 0 amide bonds. The van der Waals surface area contributed by atoms with Crippen LogP contribution in [0.25, 0.3) is 0 Å². The molecule has 0 bridgehead atoms. The van der Waals surface area contributed by atoms with Crippen LogP contribution < -0.4 is 5.32 Å². The fourth-order valence-corrected chi connectivity index (χ4v) is 2.49. The van der Waals surface area contributed by atoms with Gasteiger partial charge in [0.2, 0.25) is 0 Å². The maximum absolute atomic E-state index is 3.48. The van der Waals surface area contributed by atoms with Crippen molar-refractivity contribution in [3.05, 3.63) is 57.3 Å². The Morgan fingerprint density at radius 3 is 2.71 bits per heavy atom. The van der Waals surface area contributed by atoms with Crippen molar-refractivity contribution in [3.8, 4) is 0 Å². The Kier molecular flexibility index (Phi) is 4.35. The average molecular weight is 245 g/mol. The first-order valence-corrected chi connectivity index (χ1v) is 6.93. The monoisotopic (exact) mass is 245 g/mol. The molecule has 17 heavy (non-hydrogen) atoms. The minimum absolute atomic E-state index is 0.989. The topological polar surface area (TPSA) is 12.0 Å². The van der Waals surface area contributed by atoms with E-state index >= 15 is 0 Å². The molecule has 0 aliphatic rings. The van der Waals surface area contributed by atoms with Crippen LogP contribution in [0, 0.1) is 13.8 Å². The molecule has 90 valence electrons. The molecule has 1 aromatic carbocycles. The Hall–Kier alpha value is -1.12. The van der Waals surface area contributed by atoms with Crippen molar-refractivity contribution in [1.29, 1.82) is 0 Å². The number of nitrogens with one attached hydrogen (secondary N) is 1. The summed E-state index contributed by atoms with van der Waals surface area (Å²) >= 11 is 1.81. The van der Waals surface area contributed by atoms with E-state index in [0.717, 1.165) is 19.5 Å². The summed E-state index contributed by atoms with van der Waals surface area (Å²) in [5, 5.41) is 5.61. The zero-order valence-corrected chi connectivity index (χ0v) is 11.3. The van der Waals surface area contributed by atoms with Crippen molar-refractivity contribution in [2.24, 2.45) is 0 Å². The molecule has 1 heterocycles. The summed E-state index contributed by atoms with van der Waals surface area (Å²) in [4.78, 5) is 1.41. The van der Waals surface area contributed by atoms with Gasteiger partial charge in [-0.15, -0.1) is 11.3 Å². The molecule has 0 aliphatic heterocycles. The molecule has 1 N–H and O–H groups in total. The van der Waals surface area contributed by atoms with Crippen molar-refractivity contribution in [2.45, 2.75) is 26.8 Å². The first-order valence-electron chi connectivity index (χ1n) is 6.05. The van der Waals surface area contributed by atoms with Gasteiger partial charge in [-0.05, 0) is 54.9 Å². The number of benzene rings is 1. The zero-order valence-electron chi connectivity index (χ0n) is 10.5. The lowest BCUT2D eigenvalue weighted by Crippen LogP contribution is -2.15. The number of rotatable bonds is 5. The smallest absolute Gasteiger partial charge is 0.0299 e. The second-order valence-corrected chi connectivity index (χ2v) is 5.46. The van der Waals surface area contributed by atoms with Gasteiger partial charge >= 0.3 is 0 Å². The lowest BCUT2D eigenvalue weighted by molar-refractivity contribution is 0.693. The molecule has 0 fully saturated rings. The molecular weight excluding hydrogens is 226 g/mol. The van der Waals surface area contributed by atoms with Crippen LogP contribution in [0.5, 0.6) is 0 Å². The van der Waals surface area contributed by atoms with Gasteiger partial charge < -0.3 is 5.32 Å². The Morgan fingerprint density at radius 2 is 2.00 bits per heavy atom. The molecule has 1 nitrogen and oxygen atoms in total. The summed E-state index contributed by atoms with van der Waals surface area (Å²) in [6, 6.07) is 11.0. The van der Waals surface area contributed by atoms with Gasteiger partial charge in [-0.3, -0.25) is 0 Å². The fraction of sp³-hybridized carbons (Fsp3) is 0.333. The summed E-state index contributed by atoms with van der Waals surface area (Å²) in [6.45, 7) is 6.37. The number of aryl methyl sites for hydroxylation is 2. The first-order chi connectivity index (χ1) is 8.25. The highest BCUT2D eigenvalue weighted by atomic mass is 32.1. The molecule has 0 spiro atoms. The van der Waals surface area contributed by atoms with Gasteiger partial charge in [-0.2, -0.15) is 0 Å². The van der Waals surface area contributed by atoms with Crippen molar-refractivity contribution in [2.75, 3.05) is 6.54 Å². The van der Waals surface area contributed by atoms with Gasteiger partial charge in [0.25, 0.3) is 0 Å². The minimum atomic E-state index is 0.989. The molecule has 2 aromatic rings. The predicted molar refractivity (Wildman–Crippen MR) is 75.6 cm³/mol. The summed E-state index contributed by atoms with van der Waals surface area (Å²) in [5.41, 5.74) is 4.19. The normalized spacial score (nSPS) is 10.7. The van der Waals surface area contributed by atoms with Gasteiger partial charge in [0.15, 0.2) is 0 Å². The standard InChI is InChI=1S/C15H19NS/c1-12-5-6-14(10-13(12)2)7-8-16-11-15-4-3-9-17-15/h3-6,9-10,16H,7-8,11H2,1-2H3. The van der Waals surface area contributed by atoms with E-state index in [1.807, 2.05) is 11.3 Å². The molecule has 1 aromatic heterocycles. The Bertz CT molecular complexity index is 460. The van der Waals surface area contributed by atoms with Gasteiger partial charge in [-0.25, -0.2) is 0 Å². The minimum Gasteiger partial charge on any atom is -0.312 e. The maximum atomic E-state index is 3.48. The van der Waals surface area contributed by atoms with Crippen molar-refractivity contribution < 1.29 is 0 Å². The van der Waals surface area contributed by atoms with E-state index in [4.69, 9.17) is 0 Å². The molecule has 0 aliphatic carbocycles. The van der Waals surface area contributed by atoms with E-state index in [1.165, 1.54) is 21.6 Å². The third-order valence-electron chi connectivity index (χ3n) is 3.04. The molecular formula is C15H19NS. The van der Waals surface area contributed by atoms with Crippen molar-refractivity contribution in [3.63, 3.8) is 0 Å². The second kappa shape index (κ2) is 5.99. The van der Waals surface area contributed by atoms with Gasteiger partial charge in [0.1, 0.15) is 0 Å². The highest BCUT2D eigenvalue weighted by molar-refractivity contribution is 7.09. The third-order valence-corrected chi connectivity index (χ3v) is 3.92. The second-order valence-electron chi connectivity index (χ2n) is 4.42. The van der Waals surface area contributed by atoms with E-state index < -0.39 is 0 Å². The summed E-state index contributed by atoms with van der Waals surface area (Å²) in [7, 11) is 0. The number of hydrogen-bond donors (Lipinski definition) is 1. The van der Waals surface area contributed by atoms with E-state index in [2.05, 4.69) is 54.9 Å². The molecule has 0 saturated heterocycles. The van der Waals surface area contributed by atoms with Crippen LogP contribution in [-0.2, 0) is 13.0 Å². The molecule has 0 radical (unpaired) electrons. The summed E-state index contributed by atoms with van der Waals surface area (Å²) in [5.74, 6) is 0. The largest absolute Gasteiger partial charge is 0.312 e. The SMILES string of the molecule is Cc1ccc(CCNCc2cccs2)cc1C. The zero-order chi connectivity index (χ0) is 12.1. The molecule has 2 heteroatoms. The van der Waals surface area contributed by atoms with Crippen LogP contribution in [0.4, 0.5) is 0 Å². The maximum Gasteiger partial charge on any atom is 0.0299 e. The number of hydrogen-bond acceptors (Lipinski definition) is 2. The van der Waals surface area contributed by atoms with E-state index in [0.29, 0.717) is 0 Å². The first kappa shape index (κ1) is 12.3. The van der Waals surface area contributed by atoms with E-state index in [9.17, 15) is 0 Å². The van der Waals surface area contributed by atoms with Crippen LogP contribution in [-0.4, -0.2) is 6.54 Å².